The second-order valence-corrected chi connectivity index (χ2v) is 6.16. The maximum atomic E-state index is 12.1. The molecule has 1 unspecified atom stereocenters. The normalized spacial score (nSPS) is 11.8. The number of thiophene rings is 1. The molecule has 21 heavy (non-hydrogen) atoms. The van der Waals surface area contributed by atoms with E-state index in [1.165, 1.54) is 12.0 Å². The number of rotatable bonds is 5. The van der Waals surface area contributed by atoms with Crippen molar-refractivity contribution in [2.45, 2.75) is 19.9 Å². The number of anilines is 1. The van der Waals surface area contributed by atoms with Crippen LogP contribution in [0.25, 0.3) is 0 Å². The van der Waals surface area contributed by atoms with Crippen molar-refractivity contribution in [1.29, 1.82) is 0 Å². The van der Waals surface area contributed by atoms with Crippen LogP contribution in [0.1, 0.15) is 21.4 Å². The molecule has 0 aliphatic carbocycles. The van der Waals surface area contributed by atoms with E-state index in [1.807, 2.05) is 44.2 Å². The van der Waals surface area contributed by atoms with E-state index in [0.29, 0.717) is 0 Å². The summed E-state index contributed by atoms with van der Waals surface area (Å²) in [5, 5.41) is 3.23. The van der Waals surface area contributed by atoms with Gasteiger partial charge in [0, 0.05) is 21.5 Å². The van der Waals surface area contributed by atoms with Crippen LogP contribution in [-0.4, -0.2) is 20.2 Å². The first kappa shape index (κ1) is 15.4. The fourth-order valence-electron chi connectivity index (χ4n) is 2.20. The van der Waals surface area contributed by atoms with Crippen LogP contribution in [0, 0.1) is 13.8 Å². The molecule has 2 rings (SSSR count). The number of hydrogen-bond acceptors (Lipinski definition) is 5. The highest BCUT2D eigenvalue weighted by Crippen LogP contribution is 2.30. The lowest BCUT2D eigenvalue weighted by atomic mass is 10.1. The van der Waals surface area contributed by atoms with Crippen molar-refractivity contribution in [2.75, 3.05) is 19.5 Å². The second-order valence-electron chi connectivity index (χ2n) is 4.70. The van der Waals surface area contributed by atoms with Crippen molar-refractivity contribution in [1.82, 2.24) is 0 Å². The van der Waals surface area contributed by atoms with E-state index in [0.717, 1.165) is 21.9 Å². The van der Waals surface area contributed by atoms with Crippen LogP contribution >= 0.6 is 11.3 Å². The number of ether oxygens (including phenoxy) is 2. The predicted octanol–water partition coefficient (Wildman–Crippen LogP) is 3.70. The minimum absolute atomic E-state index is 0.307. The molecule has 0 fully saturated rings. The van der Waals surface area contributed by atoms with E-state index < -0.39 is 6.04 Å². The van der Waals surface area contributed by atoms with Gasteiger partial charge in [-0.15, -0.1) is 11.3 Å². The van der Waals surface area contributed by atoms with E-state index in [-0.39, 0.29) is 5.97 Å². The lowest BCUT2D eigenvalue weighted by Gasteiger charge is -2.18. The molecule has 5 heteroatoms. The predicted molar refractivity (Wildman–Crippen MR) is 85.2 cm³/mol. The third-order valence-corrected chi connectivity index (χ3v) is 4.19. The summed E-state index contributed by atoms with van der Waals surface area (Å²) in [4.78, 5) is 14.4. The van der Waals surface area contributed by atoms with Gasteiger partial charge in [0.25, 0.3) is 0 Å². The molecular formula is C16H19NO3S. The number of carbonyl (C=O) groups excluding carboxylic acids is 1. The molecule has 0 aliphatic rings. The summed E-state index contributed by atoms with van der Waals surface area (Å²) in [5.41, 5.74) is 1.76. The fraction of sp³-hybridized carbons (Fsp3) is 0.312. The Morgan fingerprint density at radius 1 is 1.24 bits per heavy atom. The van der Waals surface area contributed by atoms with Gasteiger partial charge in [-0.05, 0) is 37.6 Å². The molecule has 1 N–H and O–H groups in total. The number of benzene rings is 1. The van der Waals surface area contributed by atoms with Gasteiger partial charge in [-0.1, -0.05) is 6.07 Å². The molecule has 2 aromatic rings. The molecule has 0 spiro atoms. The van der Waals surface area contributed by atoms with Gasteiger partial charge < -0.3 is 14.8 Å². The summed E-state index contributed by atoms with van der Waals surface area (Å²) < 4.78 is 10.1. The molecule has 0 amide bonds. The highest BCUT2D eigenvalue weighted by Gasteiger charge is 2.24. The molecule has 0 aliphatic heterocycles. The van der Waals surface area contributed by atoms with Crippen LogP contribution in [-0.2, 0) is 9.53 Å². The van der Waals surface area contributed by atoms with Gasteiger partial charge in [0.1, 0.15) is 5.75 Å². The quantitative estimate of drug-likeness (QED) is 0.856. The number of aryl methyl sites for hydroxylation is 2. The summed E-state index contributed by atoms with van der Waals surface area (Å²) in [6.07, 6.45) is 0. The monoisotopic (exact) mass is 305 g/mol. The Bertz CT molecular complexity index is 636. The average molecular weight is 305 g/mol. The van der Waals surface area contributed by atoms with Crippen molar-refractivity contribution in [3.8, 4) is 5.75 Å². The highest BCUT2D eigenvalue weighted by atomic mass is 32.1. The topological polar surface area (TPSA) is 47.6 Å². The van der Waals surface area contributed by atoms with Crippen LogP contribution in [0.15, 0.2) is 30.3 Å². The standard InChI is InChI=1S/C16H19NO3S/c1-10-8-14(11(2)21-10)15(16(18)20-4)17-12-6-5-7-13(9-12)19-3/h5-9,15,17H,1-4H3. The van der Waals surface area contributed by atoms with E-state index in [2.05, 4.69) is 5.32 Å². The Morgan fingerprint density at radius 3 is 2.57 bits per heavy atom. The van der Waals surface area contributed by atoms with Crippen molar-refractivity contribution in [2.24, 2.45) is 0 Å². The highest BCUT2D eigenvalue weighted by molar-refractivity contribution is 7.12. The Hall–Kier alpha value is -2.01. The van der Waals surface area contributed by atoms with Gasteiger partial charge in [0.2, 0.25) is 0 Å². The van der Waals surface area contributed by atoms with E-state index in [4.69, 9.17) is 9.47 Å². The summed E-state index contributed by atoms with van der Waals surface area (Å²) >= 11 is 1.67. The minimum atomic E-state index is -0.521. The third kappa shape index (κ3) is 3.55. The molecular weight excluding hydrogens is 286 g/mol. The minimum Gasteiger partial charge on any atom is -0.497 e. The molecule has 1 atom stereocenters. The largest absolute Gasteiger partial charge is 0.497 e. The SMILES string of the molecule is COC(=O)C(Nc1cccc(OC)c1)c1cc(C)sc1C. The van der Waals surface area contributed by atoms with E-state index in [1.54, 1.807) is 18.4 Å². The number of nitrogens with one attached hydrogen (secondary N) is 1. The summed E-state index contributed by atoms with van der Waals surface area (Å²) in [6, 6.07) is 8.98. The molecule has 0 saturated carbocycles. The van der Waals surface area contributed by atoms with Crippen LogP contribution in [0.3, 0.4) is 0 Å². The van der Waals surface area contributed by atoms with E-state index in [9.17, 15) is 4.79 Å². The first-order valence-electron chi connectivity index (χ1n) is 6.60. The maximum Gasteiger partial charge on any atom is 0.333 e. The Balaban J connectivity index is 2.32. The molecule has 112 valence electrons. The van der Waals surface area contributed by atoms with Crippen molar-refractivity contribution in [3.05, 3.63) is 45.6 Å². The number of esters is 1. The number of hydrogen-bond donors (Lipinski definition) is 1. The van der Waals surface area contributed by atoms with Gasteiger partial charge in [-0.3, -0.25) is 0 Å². The van der Waals surface area contributed by atoms with Crippen LogP contribution in [0.4, 0.5) is 5.69 Å². The average Bonchev–Trinajstić information content (AvgIpc) is 2.82. The molecule has 4 nitrogen and oxygen atoms in total. The Labute approximate surface area is 128 Å². The summed E-state index contributed by atoms with van der Waals surface area (Å²) in [7, 11) is 3.01. The first-order chi connectivity index (χ1) is 10.0. The van der Waals surface area contributed by atoms with Gasteiger partial charge in [0.15, 0.2) is 6.04 Å². The zero-order valence-electron chi connectivity index (χ0n) is 12.6. The molecule has 1 aromatic carbocycles. The van der Waals surface area contributed by atoms with Gasteiger partial charge >= 0.3 is 5.97 Å². The van der Waals surface area contributed by atoms with Crippen molar-refractivity contribution < 1.29 is 14.3 Å². The van der Waals surface area contributed by atoms with E-state index >= 15 is 0 Å². The van der Waals surface area contributed by atoms with Gasteiger partial charge in [-0.25, -0.2) is 4.79 Å². The molecule has 0 saturated heterocycles. The first-order valence-corrected chi connectivity index (χ1v) is 7.42. The van der Waals surface area contributed by atoms with Gasteiger partial charge in [0.05, 0.1) is 14.2 Å². The van der Waals surface area contributed by atoms with Crippen molar-refractivity contribution >= 4 is 23.0 Å². The third-order valence-electron chi connectivity index (χ3n) is 3.21. The molecule has 1 heterocycles. The molecule has 0 bridgehead atoms. The zero-order valence-corrected chi connectivity index (χ0v) is 13.4. The zero-order chi connectivity index (χ0) is 15.4. The lowest BCUT2D eigenvalue weighted by Crippen LogP contribution is -2.22. The van der Waals surface area contributed by atoms with Crippen LogP contribution in [0.2, 0.25) is 0 Å². The van der Waals surface area contributed by atoms with Gasteiger partial charge in [-0.2, -0.15) is 0 Å². The summed E-state index contributed by atoms with van der Waals surface area (Å²) in [6.45, 7) is 4.04. The number of carbonyl (C=O) groups is 1. The van der Waals surface area contributed by atoms with Crippen molar-refractivity contribution in [3.63, 3.8) is 0 Å². The fourth-order valence-corrected chi connectivity index (χ4v) is 3.16. The maximum absolute atomic E-state index is 12.1. The Morgan fingerprint density at radius 2 is 2.00 bits per heavy atom. The Kier molecular flexibility index (Phi) is 4.85. The molecule has 1 aromatic heterocycles. The second kappa shape index (κ2) is 6.63. The lowest BCUT2D eigenvalue weighted by molar-refractivity contribution is -0.141. The smallest absolute Gasteiger partial charge is 0.333 e. The van der Waals surface area contributed by atoms with Crippen LogP contribution in [0.5, 0.6) is 5.75 Å². The number of methoxy groups -OCH3 is 2. The summed E-state index contributed by atoms with van der Waals surface area (Å²) in [5.74, 6) is 0.431. The van der Waals surface area contributed by atoms with Crippen LogP contribution < -0.4 is 10.1 Å². The molecule has 0 radical (unpaired) electrons.